The van der Waals surface area contributed by atoms with Crippen molar-refractivity contribution in [2.75, 3.05) is 19.7 Å². The summed E-state index contributed by atoms with van der Waals surface area (Å²) in [6.45, 7) is 5.63. The third-order valence-corrected chi connectivity index (χ3v) is 5.85. The SMILES string of the molecule is CCCNC(=O)N(Cc1c(C)nn(-c2ccccc2)c1Oc1ccc(F)cc1F)CC1CCCO1. The molecular weight excluding hydrogens is 454 g/mol. The molecular formula is C26H30F2N4O3. The molecule has 0 aliphatic carbocycles. The molecule has 0 bridgehead atoms. The number of para-hydroxylation sites is 1. The van der Waals surface area contributed by atoms with Crippen molar-refractivity contribution in [3.63, 3.8) is 0 Å². The van der Waals surface area contributed by atoms with Crippen molar-refractivity contribution in [3.8, 4) is 17.3 Å². The molecule has 3 aromatic rings. The lowest BCUT2D eigenvalue weighted by Gasteiger charge is -2.26. The molecule has 2 heterocycles. The minimum absolute atomic E-state index is 0.0502. The Bertz CT molecular complexity index is 1150. The van der Waals surface area contributed by atoms with Crippen LogP contribution in [0.5, 0.6) is 11.6 Å². The number of carbonyl (C=O) groups excluding carboxylic acids is 1. The van der Waals surface area contributed by atoms with Crippen LogP contribution < -0.4 is 10.1 Å². The van der Waals surface area contributed by atoms with E-state index in [0.29, 0.717) is 36.6 Å². The summed E-state index contributed by atoms with van der Waals surface area (Å²) in [6, 6.07) is 12.2. The lowest BCUT2D eigenvalue weighted by atomic mass is 10.2. The summed E-state index contributed by atoms with van der Waals surface area (Å²) in [5, 5.41) is 7.57. The van der Waals surface area contributed by atoms with E-state index in [1.54, 1.807) is 9.58 Å². The lowest BCUT2D eigenvalue weighted by Crippen LogP contribution is -2.43. The topological polar surface area (TPSA) is 68.6 Å². The van der Waals surface area contributed by atoms with Gasteiger partial charge in [-0.15, -0.1) is 0 Å². The predicted molar refractivity (Wildman–Crippen MR) is 128 cm³/mol. The van der Waals surface area contributed by atoms with Crippen molar-refractivity contribution < 1.29 is 23.0 Å². The van der Waals surface area contributed by atoms with Crippen molar-refractivity contribution >= 4 is 6.03 Å². The standard InChI is InChI=1S/C26H30F2N4O3/c1-3-13-29-26(33)31(16-21-10-7-14-34-21)17-22-18(2)30-32(20-8-5-4-6-9-20)25(22)35-24-12-11-19(27)15-23(24)28/h4-6,8-9,11-12,15,21H,3,7,10,13-14,16-17H2,1-2H3,(H,29,33). The fourth-order valence-electron chi connectivity index (χ4n) is 4.02. The van der Waals surface area contributed by atoms with Gasteiger partial charge in [-0.05, 0) is 50.5 Å². The van der Waals surface area contributed by atoms with Gasteiger partial charge in [0.05, 0.1) is 29.6 Å². The normalized spacial score (nSPS) is 15.3. The highest BCUT2D eigenvalue weighted by Crippen LogP contribution is 2.33. The number of ether oxygens (including phenoxy) is 2. The first-order chi connectivity index (χ1) is 17.0. The first kappa shape index (κ1) is 24.7. The molecule has 7 nitrogen and oxygen atoms in total. The Morgan fingerprint density at radius 1 is 1.26 bits per heavy atom. The number of hydrogen-bond donors (Lipinski definition) is 1. The lowest BCUT2D eigenvalue weighted by molar-refractivity contribution is 0.0793. The Balaban J connectivity index is 1.72. The van der Waals surface area contributed by atoms with Gasteiger partial charge in [-0.3, -0.25) is 0 Å². The van der Waals surface area contributed by atoms with Crippen molar-refractivity contribution in [1.29, 1.82) is 0 Å². The van der Waals surface area contributed by atoms with E-state index in [2.05, 4.69) is 10.4 Å². The number of rotatable bonds is 9. The Morgan fingerprint density at radius 2 is 2.06 bits per heavy atom. The van der Waals surface area contributed by atoms with Crippen LogP contribution in [0.3, 0.4) is 0 Å². The van der Waals surface area contributed by atoms with E-state index in [1.807, 2.05) is 44.2 Å². The molecule has 0 saturated carbocycles. The molecule has 186 valence electrons. The Morgan fingerprint density at radius 3 is 2.74 bits per heavy atom. The Hall–Kier alpha value is -3.46. The number of halogens is 2. The van der Waals surface area contributed by atoms with Gasteiger partial charge in [0.15, 0.2) is 11.6 Å². The maximum atomic E-state index is 14.5. The number of hydrogen-bond acceptors (Lipinski definition) is 4. The molecule has 1 N–H and O–H groups in total. The highest BCUT2D eigenvalue weighted by Gasteiger charge is 2.27. The van der Waals surface area contributed by atoms with E-state index in [-0.39, 0.29) is 30.3 Å². The van der Waals surface area contributed by atoms with Gasteiger partial charge in [-0.2, -0.15) is 5.10 Å². The number of nitrogens with zero attached hydrogens (tertiary/aromatic N) is 3. The highest BCUT2D eigenvalue weighted by atomic mass is 19.1. The van der Waals surface area contributed by atoms with Gasteiger partial charge in [-0.25, -0.2) is 18.3 Å². The highest BCUT2D eigenvalue weighted by molar-refractivity contribution is 5.74. The Labute approximate surface area is 203 Å². The summed E-state index contributed by atoms with van der Waals surface area (Å²) in [5.74, 6) is -1.39. The second kappa shape index (κ2) is 11.3. The van der Waals surface area contributed by atoms with Crippen molar-refractivity contribution in [1.82, 2.24) is 20.0 Å². The van der Waals surface area contributed by atoms with Crippen LogP contribution in [-0.2, 0) is 11.3 Å². The van der Waals surface area contributed by atoms with Gasteiger partial charge >= 0.3 is 6.03 Å². The monoisotopic (exact) mass is 484 g/mol. The van der Waals surface area contributed by atoms with Crippen LogP contribution in [0, 0.1) is 18.6 Å². The maximum absolute atomic E-state index is 14.5. The number of urea groups is 1. The third kappa shape index (κ3) is 5.97. The van der Waals surface area contributed by atoms with E-state index in [1.165, 1.54) is 6.07 Å². The maximum Gasteiger partial charge on any atom is 0.317 e. The third-order valence-electron chi connectivity index (χ3n) is 5.85. The average Bonchev–Trinajstić information content (AvgIpc) is 3.47. The minimum atomic E-state index is -0.827. The molecule has 1 aliphatic rings. The van der Waals surface area contributed by atoms with Gasteiger partial charge in [0.2, 0.25) is 5.88 Å². The summed E-state index contributed by atoms with van der Waals surface area (Å²) in [7, 11) is 0. The summed E-state index contributed by atoms with van der Waals surface area (Å²) >= 11 is 0. The van der Waals surface area contributed by atoms with E-state index >= 15 is 0 Å². The van der Waals surface area contributed by atoms with Crippen molar-refractivity contribution in [2.24, 2.45) is 0 Å². The fourth-order valence-corrected chi connectivity index (χ4v) is 4.02. The van der Waals surface area contributed by atoms with Gasteiger partial charge in [-0.1, -0.05) is 25.1 Å². The van der Waals surface area contributed by atoms with Crippen LogP contribution in [-0.4, -0.2) is 46.5 Å². The number of aromatic nitrogens is 2. The van der Waals surface area contributed by atoms with Crippen LogP contribution in [0.25, 0.3) is 5.69 Å². The quantitative estimate of drug-likeness (QED) is 0.445. The Kier molecular flexibility index (Phi) is 7.97. The smallest absolute Gasteiger partial charge is 0.317 e. The number of carbonyl (C=O) groups is 1. The van der Waals surface area contributed by atoms with Crippen LogP contribution in [0.1, 0.15) is 37.4 Å². The molecule has 1 aliphatic heterocycles. The zero-order valence-electron chi connectivity index (χ0n) is 20.0. The van der Waals surface area contributed by atoms with E-state index < -0.39 is 11.6 Å². The van der Waals surface area contributed by atoms with Crippen molar-refractivity contribution in [3.05, 3.63) is 71.4 Å². The molecule has 4 rings (SSSR count). The summed E-state index contributed by atoms with van der Waals surface area (Å²) in [5.41, 5.74) is 1.97. The molecule has 35 heavy (non-hydrogen) atoms. The van der Waals surface area contributed by atoms with Gasteiger partial charge in [0.25, 0.3) is 0 Å². The van der Waals surface area contributed by atoms with Crippen molar-refractivity contribution in [2.45, 2.75) is 45.8 Å². The number of amides is 2. The average molecular weight is 485 g/mol. The zero-order chi connectivity index (χ0) is 24.8. The molecule has 2 amide bonds. The molecule has 1 atom stereocenters. The van der Waals surface area contributed by atoms with Crippen LogP contribution in [0.15, 0.2) is 48.5 Å². The van der Waals surface area contributed by atoms with Crippen LogP contribution >= 0.6 is 0 Å². The fraction of sp³-hybridized carbons (Fsp3) is 0.385. The van der Waals surface area contributed by atoms with Gasteiger partial charge < -0.3 is 19.7 Å². The molecule has 0 spiro atoms. The van der Waals surface area contributed by atoms with Crippen LogP contribution in [0.2, 0.25) is 0 Å². The molecule has 1 unspecified atom stereocenters. The van der Waals surface area contributed by atoms with E-state index in [9.17, 15) is 13.6 Å². The molecule has 0 radical (unpaired) electrons. The first-order valence-electron chi connectivity index (χ1n) is 11.9. The van der Waals surface area contributed by atoms with Gasteiger partial charge in [0, 0.05) is 25.8 Å². The zero-order valence-corrected chi connectivity index (χ0v) is 20.0. The minimum Gasteiger partial charge on any atom is -0.435 e. The van der Waals surface area contributed by atoms with E-state index in [0.717, 1.165) is 31.4 Å². The second-order valence-electron chi connectivity index (χ2n) is 8.54. The number of benzene rings is 2. The molecule has 1 saturated heterocycles. The molecule has 1 fully saturated rings. The second-order valence-corrected chi connectivity index (χ2v) is 8.54. The van der Waals surface area contributed by atoms with Gasteiger partial charge in [0.1, 0.15) is 5.82 Å². The van der Waals surface area contributed by atoms with E-state index in [4.69, 9.17) is 9.47 Å². The molecule has 9 heteroatoms. The number of nitrogens with one attached hydrogen (secondary N) is 1. The molecule has 2 aromatic carbocycles. The summed E-state index contributed by atoms with van der Waals surface area (Å²) in [4.78, 5) is 14.7. The molecule has 1 aromatic heterocycles. The first-order valence-corrected chi connectivity index (χ1v) is 11.9. The predicted octanol–water partition coefficient (Wildman–Crippen LogP) is 5.35. The largest absolute Gasteiger partial charge is 0.435 e. The summed E-state index contributed by atoms with van der Waals surface area (Å²) < 4.78 is 41.4. The summed E-state index contributed by atoms with van der Waals surface area (Å²) in [6.07, 6.45) is 2.59. The van der Waals surface area contributed by atoms with Crippen LogP contribution in [0.4, 0.5) is 13.6 Å². The number of aryl methyl sites for hydroxylation is 1.